The van der Waals surface area contributed by atoms with Crippen LogP contribution in [-0.2, 0) is 9.53 Å². The van der Waals surface area contributed by atoms with E-state index in [9.17, 15) is 4.79 Å². The van der Waals surface area contributed by atoms with E-state index in [2.05, 4.69) is 0 Å². The zero-order valence-electron chi connectivity index (χ0n) is 9.76. The molecule has 86 valence electrons. The highest BCUT2D eigenvalue weighted by Gasteiger charge is 2.38. The second-order valence-corrected chi connectivity index (χ2v) is 5.28. The van der Waals surface area contributed by atoms with Crippen LogP contribution in [0.3, 0.4) is 0 Å². The monoisotopic (exact) mass is 210 g/mol. The van der Waals surface area contributed by atoms with Gasteiger partial charge in [0, 0.05) is 6.42 Å². The van der Waals surface area contributed by atoms with E-state index in [-0.39, 0.29) is 17.5 Å². The molecular formula is C13H22O2. The SMILES string of the molecule is CC(=O)CC1CCCC2(CCCCC2)O1. The second-order valence-electron chi connectivity index (χ2n) is 5.28. The van der Waals surface area contributed by atoms with Gasteiger partial charge in [-0.05, 0) is 39.0 Å². The number of carbonyl (C=O) groups is 1. The molecule has 1 saturated heterocycles. The lowest BCUT2D eigenvalue weighted by Crippen LogP contribution is -2.42. The van der Waals surface area contributed by atoms with Gasteiger partial charge in [-0.15, -0.1) is 0 Å². The summed E-state index contributed by atoms with van der Waals surface area (Å²) in [6, 6.07) is 0. The number of ketones is 1. The van der Waals surface area contributed by atoms with E-state index >= 15 is 0 Å². The maximum atomic E-state index is 11.1. The lowest BCUT2D eigenvalue weighted by molar-refractivity contribution is -0.152. The van der Waals surface area contributed by atoms with Crippen LogP contribution in [0.15, 0.2) is 0 Å². The van der Waals surface area contributed by atoms with Crippen LogP contribution in [0.4, 0.5) is 0 Å². The molecule has 2 heteroatoms. The van der Waals surface area contributed by atoms with Gasteiger partial charge in [-0.2, -0.15) is 0 Å². The van der Waals surface area contributed by atoms with Gasteiger partial charge in [0.2, 0.25) is 0 Å². The molecule has 0 amide bonds. The van der Waals surface area contributed by atoms with Crippen LogP contribution in [0.2, 0.25) is 0 Å². The molecule has 0 aromatic carbocycles. The summed E-state index contributed by atoms with van der Waals surface area (Å²) in [4.78, 5) is 11.1. The minimum Gasteiger partial charge on any atom is -0.371 e. The van der Waals surface area contributed by atoms with Gasteiger partial charge in [-0.1, -0.05) is 19.3 Å². The van der Waals surface area contributed by atoms with Crippen LogP contribution in [0.1, 0.15) is 64.7 Å². The highest BCUT2D eigenvalue weighted by molar-refractivity contribution is 5.75. The lowest BCUT2D eigenvalue weighted by Gasteiger charge is -2.43. The average Bonchev–Trinajstić information content (AvgIpc) is 2.17. The van der Waals surface area contributed by atoms with E-state index in [1.165, 1.54) is 44.9 Å². The molecule has 2 nitrogen and oxygen atoms in total. The van der Waals surface area contributed by atoms with Gasteiger partial charge in [0.1, 0.15) is 5.78 Å². The number of Topliss-reactive ketones (excluding diaryl/α,β-unsaturated/α-hetero) is 1. The van der Waals surface area contributed by atoms with Crippen LogP contribution in [-0.4, -0.2) is 17.5 Å². The predicted octanol–water partition coefficient (Wildman–Crippen LogP) is 3.24. The maximum absolute atomic E-state index is 11.1. The van der Waals surface area contributed by atoms with Crippen molar-refractivity contribution in [3.05, 3.63) is 0 Å². The molecule has 1 aliphatic heterocycles. The molecule has 1 saturated carbocycles. The van der Waals surface area contributed by atoms with Gasteiger partial charge in [0.05, 0.1) is 11.7 Å². The van der Waals surface area contributed by atoms with Crippen molar-refractivity contribution in [2.75, 3.05) is 0 Å². The van der Waals surface area contributed by atoms with Gasteiger partial charge >= 0.3 is 0 Å². The van der Waals surface area contributed by atoms with Crippen molar-refractivity contribution in [1.82, 2.24) is 0 Å². The first-order chi connectivity index (χ1) is 7.20. The average molecular weight is 210 g/mol. The molecule has 2 fully saturated rings. The van der Waals surface area contributed by atoms with E-state index in [1.807, 2.05) is 0 Å². The Bertz CT molecular complexity index is 223. The fourth-order valence-corrected chi connectivity index (χ4v) is 3.15. The summed E-state index contributed by atoms with van der Waals surface area (Å²) in [6.07, 6.45) is 10.8. The highest BCUT2D eigenvalue weighted by atomic mass is 16.5. The van der Waals surface area contributed by atoms with Crippen LogP contribution in [0.25, 0.3) is 0 Å². The number of ether oxygens (including phenoxy) is 1. The predicted molar refractivity (Wildman–Crippen MR) is 59.8 cm³/mol. The first kappa shape index (κ1) is 11.1. The summed E-state index contributed by atoms with van der Waals surface area (Å²) in [6.45, 7) is 1.67. The van der Waals surface area contributed by atoms with Crippen LogP contribution in [0, 0.1) is 0 Å². The first-order valence-electron chi connectivity index (χ1n) is 6.37. The fourth-order valence-electron chi connectivity index (χ4n) is 3.15. The first-order valence-corrected chi connectivity index (χ1v) is 6.37. The highest BCUT2D eigenvalue weighted by Crippen LogP contribution is 2.40. The molecule has 1 spiro atoms. The number of rotatable bonds is 2. The number of carbonyl (C=O) groups excluding carboxylic acids is 1. The number of hydrogen-bond donors (Lipinski definition) is 0. The molecule has 0 bridgehead atoms. The smallest absolute Gasteiger partial charge is 0.132 e. The molecule has 15 heavy (non-hydrogen) atoms. The summed E-state index contributed by atoms with van der Waals surface area (Å²) in [7, 11) is 0. The third kappa shape index (κ3) is 2.81. The Kier molecular flexibility index (Phi) is 3.45. The van der Waals surface area contributed by atoms with E-state index in [4.69, 9.17) is 4.74 Å². The van der Waals surface area contributed by atoms with Crippen LogP contribution in [0.5, 0.6) is 0 Å². The van der Waals surface area contributed by atoms with Crippen molar-refractivity contribution in [3.8, 4) is 0 Å². The fraction of sp³-hybridized carbons (Fsp3) is 0.923. The van der Waals surface area contributed by atoms with Crippen LogP contribution < -0.4 is 0 Å². The minimum atomic E-state index is 0.163. The van der Waals surface area contributed by atoms with Crippen molar-refractivity contribution in [3.63, 3.8) is 0 Å². The molecule has 1 heterocycles. The third-order valence-corrected chi connectivity index (χ3v) is 3.86. The van der Waals surface area contributed by atoms with Gasteiger partial charge in [0.25, 0.3) is 0 Å². The topological polar surface area (TPSA) is 26.3 Å². The quantitative estimate of drug-likeness (QED) is 0.699. The Morgan fingerprint density at radius 2 is 1.87 bits per heavy atom. The molecule has 0 aromatic rings. The van der Waals surface area contributed by atoms with Gasteiger partial charge in [-0.3, -0.25) is 4.79 Å². The van der Waals surface area contributed by atoms with Crippen molar-refractivity contribution >= 4 is 5.78 Å². The van der Waals surface area contributed by atoms with Crippen molar-refractivity contribution in [2.24, 2.45) is 0 Å². The molecule has 2 rings (SSSR count). The molecule has 0 aromatic heterocycles. The van der Waals surface area contributed by atoms with Crippen molar-refractivity contribution < 1.29 is 9.53 Å². The Labute approximate surface area is 92.4 Å². The van der Waals surface area contributed by atoms with Crippen molar-refractivity contribution in [2.45, 2.75) is 76.4 Å². The Morgan fingerprint density at radius 3 is 2.53 bits per heavy atom. The molecule has 0 N–H and O–H groups in total. The Balaban J connectivity index is 1.93. The molecule has 1 unspecified atom stereocenters. The lowest BCUT2D eigenvalue weighted by atomic mass is 9.78. The Morgan fingerprint density at radius 1 is 1.20 bits per heavy atom. The molecule has 1 atom stereocenters. The van der Waals surface area contributed by atoms with Gasteiger partial charge in [0.15, 0.2) is 0 Å². The van der Waals surface area contributed by atoms with Gasteiger partial charge < -0.3 is 4.74 Å². The van der Waals surface area contributed by atoms with E-state index in [0.29, 0.717) is 6.42 Å². The van der Waals surface area contributed by atoms with Crippen molar-refractivity contribution in [1.29, 1.82) is 0 Å². The van der Waals surface area contributed by atoms with E-state index < -0.39 is 0 Å². The zero-order valence-corrected chi connectivity index (χ0v) is 9.76. The zero-order chi connectivity index (χ0) is 10.7. The largest absolute Gasteiger partial charge is 0.371 e. The molecule has 2 aliphatic rings. The summed E-state index contributed by atoms with van der Waals surface area (Å²) in [5.74, 6) is 0.271. The molecule has 0 radical (unpaired) electrons. The standard InChI is InChI=1S/C13H22O2/c1-11(14)10-12-6-5-9-13(15-12)7-3-2-4-8-13/h12H,2-10H2,1H3. The third-order valence-electron chi connectivity index (χ3n) is 3.86. The Hall–Kier alpha value is -0.370. The summed E-state index contributed by atoms with van der Waals surface area (Å²) in [5.41, 5.74) is 0.163. The summed E-state index contributed by atoms with van der Waals surface area (Å²) in [5, 5.41) is 0. The molecular weight excluding hydrogens is 188 g/mol. The normalized spacial score (nSPS) is 30.3. The number of hydrogen-bond acceptors (Lipinski definition) is 2. The summed E-state index contributed by atoms with van der Waals surface area (Å²) >= 11 is 0. The van der Waals surface area contributed by atoms with E-state index in [0.717, 1.165) is 6.42 Å². The van der Waals surface area contributed by atoms with Gasteiger partial charge in [-0.25, -0.2) is 0 Å². The summed E-state index contributed by atoms with van der Waals surface area (Å²) < 4.78 is 6.20. The van der Waals surface area contributed by atoms with E-state index in [1.54, 1.807) is 6.92 Å². The van der Waals surface area contributed by atoms with Crippen LogP contribution >= 0.6 is 0 Å². The minimum absolute atomic E-state index is 0.163. The molecule has 1 aliphatic carbocycles. The second kappa shape index (κ2) is 4.65. The maximum Gasteiger partial charge on any atom is 0.132 e.